The van der Waals surface area contributed by atoms with Crippen molar-refractivity contribution in [3.63, 3.8) is 0 Å². The lowest BCUT2D eigenvalue weighted by Crippen LogP contribution is -2.24. The van der Waals surface area contributed by atoms with E-state index in [4.69, 9.17) is 9.72 Å². The summed E-state index contributed by atoms with van der Waals surface area (Å²) in [6, 6.07) is 19.9. The average Bonchev–Trinajstić information content (AvgIpc) is 3.41. The third kappa shape index (κ3) is 4.71. The number of benzene rings is 2. The Kier molecular flexibility index (Phi) is 6.44. The van der Waals surface area contributed by atoms with E-state index in [1.165, 1.54) is 11.3 Å². The van der Waals surface area contributed by atoms with E-state index in [1.54, 1.807) is 0 Å². The highest BCUT2D eigenvalue weighted by Gasteiger charge is 2.12. The Bertz CT molecular complexity index is 1120. The zero-order chi connectivity index (χ0) is 20.8. The predicted molar refractivity (Wildman–Crippen MR) is 121 cm³/mol. The number of carbonyl (C=O) groups is 1. The minimum absolute atomic E-state index is 0.0600. The molecule has 1 amide bonds. The summed E-state index contributed by atoms with van der Waals surface area (Å²) in [5, 5.41) is 4.90. The second-order valence-electron chi connectivity index (χ2n) is 7.15. The third-order valence-electron chi connectivity index (χ3n) is 5.01. The number of hydrogen-bond donors (Lipinski definition) is 1. The van der Waals surface area contributed by atoms with Crippen molar-refractivity contribution < 1.29 is 9.53 Å². The quantitative estimate of drug-likeness (QED) is 0.380. The first-order valence-electron chi connectivity index (χ1n) is 10.2. The number of aromatic nitrogens is 2. The maximum Gasteiger partial charge on any atom is 0.261 e. The minimum atomic E-state index is -0.0600. The van der Waals surface area contributed by atoms with Crippen LogP contribution in [0.3, 0.4) is 0 Å². The molecule has 0 aliphatic heterocycles. The summed E-state index contributed by atoms with van der Waals surface area (Å²) in [5.74, 6) is 1.76. The highest BCUT2D eigenvalue weighted by molar-refractivity contribution is 7.12. The lowest BCUT2D eigenvalue weighted by atomic mass is 10.2. The summed E-state index contributed by atoms with van der Waals surface area (Å²) in [5.41, 5.74) is 3.20. The number of thiophene rings is 1. The number of ether oxygens (including phenoxy) is 1. The smallest absolute Gasteiger partial charge is 0.261 e. The molecule has 0 radical (unpaired) electrons. The number of nitrogens with zero attached hydrogens (tertiary/aromatic N) is 2. The summed E-state index contributed by atoms with van der Waals surface area (Å²) in [6.45, 7) is 3.98. The van der Waals surface area contributed by atoms with Crippen LogP contribution in [0.5, 0.6) is 5.75 Å². The molecule has 0 aliphatic rings. The predicted octanol–water partition coefficient (Wildman–Crippen LogP) is 5.20. The van der Waals surface area contributed by atoms with Gasteiger partial charge in [-0.15, -0.1) is 11.3 Å². The number of fused-ring (bicyclic) bond motifs is 1. The van der Waals surface area contributed by atoms with Crippen LogP contribution in [0.15, 0.2) is 66.0 Å². The molecule has 0 spiro atoms. The van der Waals surface area contributed by atoms with Gasteiger partial charge >= 0.3 is 0 Å². The zero-order valence-corrected chi connectivity index (χ0v) is 17.8. The first kappa shape index (κ1) is 20.2. The van der Waals surface area contributed by atoms with Gasteiger partial charge in [-0.2, -0.15) is 0 Å². The number of hydrogen-bond acceptors (Lipinski definition) is 4. The molecule has 0 atom stereocenters. The van der Waals surface area contributed by atoms with Gasteiger partial charge in [-0.05, 0) is 55.0 Å². The largest absolute Gasteiger partial charge is 0.493 e. The van der Waals surface area contributed by atoms with Gasteiger partial charge in [0.15, 0.2) is 0 Å². The molecule has 0 saturated carbocycles. The molecule has 0 saturated heterocycles. The van der Waals surface area contributed by atoms with Crippen molar-refractivity contribution >= 4 is 28.3 Å². The minimum Gasteiger partial charge on any atom is -0.493 e. The number of carbonyl (C=O) groups excluding carboxylic acids is 1. The Morgan fingerprint density at radius 2 is 1.90 bits per heavy atom. The third-order valence-corrected chi connectivity index (χ3v) is 5.88. The Morgan fingerprint density at radius 3 is 2.73 bits per heavy atom. The molecule has 154 valence electrons. The molecule has 0 unspecified atom stereocenters. The van der Waals surface area contributed by atoms with Gasteiger partial charge in [0.05, 0.1) is 29.1 Å². The van der Waals surface area contributed by atoms with Gasteiger partial charge in [-0.1, -0.05) is 36.4 Å². The fourth-order valence-electron chi connectivity index (χ4n) is 3.44. The first-order valence-corrected chi connectivity index (χ1v) is 11.0. The van der Waals surface area contributed by atoms with Gasteiger partial charge in [0.1, 0.15) is 11.6 Å². The second kappa shape index (κ2) is 9.59. The summed E-state index contributed by atoms with van der Waals surface area (Å²) < 4.78 is 8.12. The van der Waals surface area contributed by atoms with E-state index in [0.717, 1.165) is 47.6 Å². The van der Waals surface area contributed by atoms with Crippen LogP contribution in [-0.4, -0.2) is 22.1 Å². The number of nitrogens with one attached hydrogen (secondary N) is 1. The van der Waals surface area contributed by atoms with E-state index in [2.05, 4.69) is 28.9 Å². The Hall–Kier alpha value is -3.12. The normalized spacial score (nSPS) is 11.0. The molecule has 0 fully saturated rings. The highest BCUT2D eigenvalue weighted by atomic mass is 32.1. The molecule has 30 heavy (non-hydrogen) atoms. The number of para-hydroxylation sites is 3. The van der Waals surface area contributed by atoms with Crippen molar-refractivity contribution in [2.75, 3.05) is 6.61 Å². The van der Waals surface area contributed by atoms with Crippen LogP contribution in [0.4, 0.5) is 0 Å². The zero-order valence-electron chi connectivity index (χ0n) is 17.0. The van der Waals surface area contributed by atoms with Gasteiger partial charge in [0, 0.05) is 6.54 Å². The summed E-state index contributed by atoms with van der Waals surface area (Å²) in [7, 11) is 0. The molecule has 2 aromatic carbocycles. The lowest BCUT2D eigenvalue weighted by Gasteiger charge is -2.11. The van der Waals surface area contributed by atoms with Crippen molar-refractivity contribution in [1.82, 2.24) is 14.9 Å². The standard InChI is InChI=1S/C24H25N3O2S/c1-18-9-2-5-12-21(18)29-15-7-6-14-27-20-11-4-3-10-19(20)26-23(27)17-25-24(28)22-13-8-16-30-22/h2-5,8-13,16H,6-7,14-15,17H2,1H3,(H,25,28). The average molecular weight is 420 g/mol. The monoisotopic (exact) mass is 419 g/mol. The SMILES string of the molecule is Cc1ccccc1OCCCCn1c(CNC(=O)c2cccs2)nc2ccccc21. The van der Waals surface area contributed by atoms with Crippen molar-refractivity contribution in [2.45, 2.75) is 32.9 Å². The number of rotatable bonds is 9. The second-order valence-corrected chi connectivity index (χ2v) is 8.10. The molecule has 4 rings (SSSR count). The van der Waals surface area contributed by atoms with Crippen molar-refractivity contribution in [2.24, 2.45) is 0 Å². The molecular formula is C24H25N3O2S. The van der Waals surface area contributed by atoms with E-state index in [1.807, 2.05) is 53.9 Å². The molecule has 4 aromatic rings. The molecule has 0 bridgehead atoms. The van der Waals surface area contributed by atoms with Gasteiger partial charge in [-0.25, -0.2) is 4.98 Å². The van der Waals surface area contributed by atoms with Crippen molar-refractivity contribution in [3.8, 4) is 5.75 Å². The van der Waals surface area contributed by atoms with Crippen LogP contribution in [0, 0.1) is 6.92 Å². The van der Waals surface area contributed by atoms with Crippen LogP contribution >= 0.6 is 11.3 Å². The van der Waals surface area contributed by atoms with Crippen molar-refractivity contribution in [3.05, 3.63) is 82.3 Å². The lowest BCUT2D eigenvalue weighted by molar-refractivity contribution is 0.0953. The molecule has 2 aromatic heterocycles. The van der Waals surface area contributed by atoms with Gasteiger partial charge in [0.2, 0.25) is 0 Å². The van der Waals surface area contributed by atoms with E-state index in [9.17, 15) is 4.79 Å². The topological polar surface area (TPSA) is 56.1 Å². The van der Waals surface area contributed by atoms with Gasteiger partial charge < -0.3 is 14.6 Å². The van der Waals surface area contributed by atoms with E-state index < -0.39 is 0 Å². The summed E-state index contributed by atoms with van der Waals surface area (Å²) >= 11 is 1.44. The van der Waals surface area contributed by atoms with Crippen LogP contribution < -0.4 is 10.1 Å². The van der Waals surface area contributed by atoms with Crippen LogP contribution in [0.2, 0.25) is 0 Å². The summed E-state index contributed by atoms with van der Waals surface area (Å²) in [6.07, 6.45) is 1.92. The van der Waals surface area contributed by atoms with Gasteiger partial charge in [0.25, 0.3) is 5.91 Å². The Balaban J connectivity index is 1.37. The molecular weight excluding hydrogens is 394 g/mol. The molecule has 0 aliphatic carbocycles. The maximum absolute atomic E-state index is 12.3. The van der Waals surface area contributed by atoms with Crippen molar-refractivity contribution in [1.29, 1.82) is 0 Å². The maximum atomic E-state index is 12.3. The summed E-state index contributed by atoms with van der Waals surface area (Å²) in [4.78, 5) is 17.8. The van der Waals surface area contributed by atoms with E-state index in [0.29, 0.717) is 18.0 Å². The first-order chi connectivity index (χ1) is 14.7. The molecule has 5 nitrogen and oxygen atoms in total. The number of imidazole rings is 1. The van der Waals surface area contributed by atoms with Crippen LogP contribution in [0.25, 0.3) is 11.0 Å². The van der Waals surface area contributed by atoms with Crippen LogP contribution in [0.1, 0.15) is 33.9 Å². The Morgan fingerprint density at radius 1 is 1.07 bits per heavy atom. The highest BCUT2D eigenvalue weighted by Crippen LogP contribution is 2.19. The molecule has 2 heterocycles. The Labute approximate surface area is 180 Å². The fraction of sp³-hybridized carbons (Fsp3) is 0.250. The molecule has 6 heteroatoms. The fourth-order valence-corrected chi connectivity index (χ4v) is 4.08. The number of amides is 1. The van der Waals surface area contributed by atoms with Crippen LogP contribution in [-0.2, 0) is 13.1 Å². The molecule has 1 N–H and O–H groups in total. The number of unbranched alkanes of at least 4 members (excludes halogenated alkanes) is 1. The van der Waals surface area contributed by atoms with E-state index in [-0.39, 0.29) is 5.91 Å². The van der Waals surface area contributed by atoms with Gasteiger partial charge in [-0.3, -0.25) is 4.79 Å². The number of aryl methyl sites for hydroxylation is 2. The van der Waals surface area contributed by atoms with E-state index >= 15 is 0 Å².